The second-order valence-electron chi connectivity index (χ2n) is 4.28. The van der Waals surface area contributed by atoms with Crippen LogP contribution in [0.25, 0.3) is 17.1 Å². The average molecular weight is 324 g/mol. The van der Waals surface area contributed by atoms with Crippen LogP contribution in [0.15, 0.2) is 36.4 Å². The van der Waals surface area contributed by atoms with Gasteiger partial charge in [-0.05, 0) is 46.8 Å². The molecule has 2 aromatic carbocycles. The van der Waals surface area contributed by atoms with Gasteiger partial charge in [0.2, 0.25) is 0 Å². The van der Waals surface area contributed by atoms with Crippen molar-refractivity contribution in [2.75, 3.05) is 5.73 Å². The van der Waals surface area contributed by atoms with Crippen LogP contribution in [0.5, 0.6) is 0 Å². The summed E-state index contributed by atoms with van der Waals surface area (Å²) in [5, 5.41) is 12.2. The van der Waals surface area contributed by atoms with Crippen molar-refractivity contribution in [2.45, 2.75) is 0 Å². The summed E-state index contributed by atoms with van der Waals surface area (Å²) >= 11 is 12.0. The number of benzene rings is 2. The van der Waals surface area contributed by atoms with Crippen LogP contribution in [0.4, 0.5) is 10.1 Å². The van der Waals surface area contributed by atoms with Gasteiger partial charge in [-0.25, -0.2) is 4.39 Å². The number of aromatic nitrogens is 4. The van der Waals surface area contributed by atoms with Crippen LogP contribution in [0.3, 0.4) is 0 Å². The predicted octanol–water partition coefficient (Wildman–Crippen LogP) is 3.36. The summed E-state index contributed by atoms with van der Waals surface area (Å²) in [7, 11) is 0. The first-order valence-corrected chi connectivity index (χ1v) is 6.60. The molecular formula is C13H8Cl2FN5. The van der Waals surface area contributed by atoms with Crippen molar-refractivity contribution in [3.05, 3.63) is 52.3 Å². The van der Waals surface area contributed by atoms with E-state index in [0.29, 0.717) is 27.1 Å². The van der Waals surface area contributed by atoms with Crippen LogP contribution in [0.2, 0.25) is 10.0 Å². The standard InChI is InChI=1S/C13H8Cl2FN5/c14-8-1-2-12(11(15)5-8)21-13(18-19-20-21)7-3-9(16)6-10(17)4-7/h1-6H,17H2. The summed E-state index contributed by atoms with van der Waals surface area (Å²) in [5.74, 6) is -0.146. The van der Waals surface area contributed by atoms with Gasteiger partial charge in [0, 0.05) is 16.3 Å². The summed E-state index contributed by atoms with van der Waals surface area (Å²) in [6.45, 7) is 0. The molecule has 0 spiro atoms. The molecule has 3 aromatic rings. The quantitative estimate of drug-likeness (QED) is 0.734. The molecule has 1 aromatic heterocycles. The fourth-order valence-electron chi connectivity index (χ4n) is 1.92. The molecule has 0 saturated heterocycles. The van der Waals surface area contributed by atoms with Crippen molar-refractivity contribution >= 4 is 28.9 Å². The zero-order chi connectivity index (χ0) is 15.0. The van der Waals surface area contributed by atoms with Gasteiger partial charge in [-0.1, -0.05) is 23.2 Å². The Morgan fingerprint density at radius 1 is 1.10 bits per heavy atom. The molecular weight excluding hydrogens is 316 g/mol. The minimum atomic E-state index is -0.471. The summed E-state index contributed by atoms with van der Waals surface area (Å²) in [5.41, 5.74) is 6.90. The number of hydrogen-bond acceptors (Lipinski definition) is 4. The van der Waals surface area contributed by atoms with E-state index in [1.54, 1.807) is 24.3 Å². The molecule has 0 radical (unpaired) electrons. The second-order valence-corrected chi connectivity index (χ2v) is 5.13. The molecule has 3 rings (SSSR count). The molecule has 8 heteroatoms. The predicted molar refractivity (Wildman–Crippen MR) is 79.0 cm³/mol. The maximum absolute atomic E-state index is 13.5. The second kappa shape index (κ2) is 5.31. The molecule has 0 aliphatic heterocycles. The van der Waals surface area contributed by atoms with Crippen molar-refractivity contribution in [3.8, 4) is 17.1 Å². The van der Waals surface area contributed by atoms with Crippen LogP contribution >= 0.6 is 23.2 Å². The molecule has 0 aliphatic carbocycles. The van der Waals surface area contributed by atoms with Gasteiger partial charge in [-0.15, -0.1) is 5.10 Å². The number of nitrogens with two attached hydrogens (primary N) is 1. The molecule has 2 N–H and O–H groups in total. The molecule has 0 saturated carbocycles. The number of nitrogens with zero attached hydrogens (tertiary/aromatic N) is 4. The maximum atomic E-state index is 13.5. The zero-order valence-corrected chi connectivity index (χ0v) is 12.0. The van der Waals surface area contributed by atoms with Crippen LogP contribution in [-0.2, 0) is 0 Å². The number of hydrogen-bond donors (Lipinski definition) is 1. The van der Waals surface area contributed by atoms with Gasteiger partial charge in [0.05, 0.1) is 10.7 Å². The van der Waals surface area contributed by atoms with E-state index in [4.69, 9.17) is 28.9 Å². The lowest BCUT2D eigenvalue weighted by Gasteiger charge is -2.07. The molecule has 5 nitrogen and oxygen atoms in total. The van der Waals surface area contributed by atoms with E-state index in [1.807, 2.05) is 0 Å². The molecule has 106 valence electrons. The van der Waals surface area contributed by atoms with Crippen LogP contribution in [0, 0.1) is 5.82 Å². The Labute approximate surface area is 129 Å². The smallest absolute Gasteiger partial charge is 0.187 e. The number of halogens is 3. The largest absolute Gasteiger partial charge is 0.399 e. The first-order valence-electron chi connectivity index (χ1n) is 5.85. The lowest BCUT2D eigenvalue weighted by Crippen LogP contribution is -2.01. The highest BCUT2D eigenvalue weighted by Crippen LogP contribution is 2.28. The van der Waals surface area contributed by atoms with Crippen LogP contribution < -0.4 is 5.73 Å². The lowest BCUT2D eigenvalue weighted by molar-refractivity contribution is 0.628. The Hall–Kier alpha value is -2.18. The SMILES string of the molecule is Nc1cc(F)cc(-c2nnnn2-c2ccc(Cl)cc2Cl)c1. The average Bonchev–Trinajstić information content (AvgIpc) is 2.86. The minimum absolute atomic E-state index is 0.279. The fourth-order valence-corrected chi connectivity index (χ4v) is 2.41. The molecule has 0 amide bonds. The van der Waals surface area contributed by atoms with Gasteiger partial charge in [-0.3, -0.25) is 0 Å². The first-order chi connectivity index (χ1) is 10.0. The third kappa shape index (κ3) is 2.68. The van der Waals surface area contributed by atoms with Crippen molar-refractivity contribution in [1.82, 2.24) is 20.2 Å². The van der Waals surface area contributed by atoms with E-state index in [1.165, 1.54) is 16.8 Å². The molecule has 0 aliphatic rings. The number of anilines is 1. The number of rotatable bonds is 2. The Balaban J connectivity index is 2.17. The third-order valence-electron chi connectivity index (χ3n) is 2.79. The lowest BCUT2D eigenvalue weighted by atomic mass is 10.2. The van der Waals surface area contributed by atoms with E-state index in [2.05, 4.69) is 15.5 Å². The van der Waals surface area contributed by atoms with Crippen molar-refractivity contribution < 1.29 is 4.39 Å². The highest BCUT2D eigenvalue weighted by atomic mass is 35.5. The van der Waals surface area contributed by atoms with Crippen LogP contribution in [-0.4, -0.2) is 20.2 Å². The highest BCUT2D eigenvalue weighted by Gasteiger charge is 2.14. The van der Waals surface area contributed by atoms with E-state index in [0.717, 1.165) is 0 Å². The Kier molecular flexibility index (Phi) is 3.48. The minimum Gasteiger partial charge on any atom is -0.399 e. The third-order valence-corrected chi connectivity index (χ3v) is 3.32. The van der Waals surface area contributed by atoms with Gasteiger partial charge < -0.3 is 5.73 Å². The Morgan fingerprint density at radius 3 is 2.62 bits per heavy atom. The number of nitrogen functional groups attached to an aromatic ring is 1. The van der Waals surface area contributed by atoms with Crippen LogP contribution in [0.1, 0.15) is 0 Å². The monoisotopic (exact) mass is 323 g/mol. The molecule has 1 heterocycles. The molecule has 0 bridgehead atoms. The fraction of sp³-hybridized carbons (Fsp3) is 0. The Bertz CT molecular complexity index is 798. The summed E-state index contributed by atoms with van der Waals surface area (Å²) in [4.78, 5) is 0. The van der Waals surface area contributed by atoms with Gasteiger partial charge in [0.25, 0.3) is 0 Å². The van der Waals surface area contributed by atoms with E-state index in [-0.39, 0.29) is 5.69 Å². The molecule has 0 fully saturated rings. The van der Waals surface area contributed by atoms with E-state index in [9.17, 15) is 4.39 Å². The van der Waals surface area contributed by atoms with Gasteiger partial charge in [0.15, 0.2) is 5.82 Å². The first kappa shape index (κ1) is 13.8. The summed E-state index contributed by atoms with van der Waals surface area (Å²) in [6.07, 6.45) is 0. The Morgan fingerprint density at radius 2 is 1.90 bits per heavy atom. The zero-order valence-electron chi connectivity index (χ0n) is 10.5. The molecule has 0 unspecified atom stereocenters. The maximum Gasteiger partial charge on any atom is 0.187 e. The van der Waals surface area contributed by atoms with Gasteiger partial charge in [0.1, 0.15) is 5.82 Å². The van der Waals surface area contributed by atoms with Gasteiger partial charge >= 0.3 is 0 Å². The summed E-state index contributed by atoms with van der Waals surface area (Å²) < 4.78 is 14.9. The number of tetrazole rings is 1. The molecule has 21 heavy (non-hydrogen) atoms. The normalized spacial score (nSPS) is 10.8. The van der Waals surface area contributed by atoms with Crippen molar-refractivity contribution in [1.29, 1.82) is 0 Å². The van der Waals surface area contributed by atoms with E-state index < -0.39 is 5.82 Å². The summed E-state index contributed by atoms with van der Waals surface area (Å²) in [6, 6.07) is 9.00. The molecule has 0 atom stereocenters. The van der Waals surface area contributed by atoms with Crippen molar-refractivity contribution in [2.24, 2.45) is 0 Å². The van der Waals surface area contributed by atoms with Crippen molar-refractivity contribution in [3.63, 3.8) is 0 Å². The van der Waals surface area contributed by atoms with Gasteiger partial charge in [-0.2, -0.15) is 4.68 Å². The highest BCUT2D eigenvalue weighted by molar-refractivity contribution is 6.35. The topological polar surface area (TPSA) is 69.6 Å². The van der Waals surface area contributed by atoms with E-state index >= 15 is 0 Å².